The highest BCUT2D eigenvalue weighted by atomic mass is 35.5. The first-order chi connectivity index (χ1) is 11.7. The number of alkyl halides is 1. The van der Waals surface area contributed by atoms with E-state index in [-0.39, 0.29) is 30.4 Å². The van der Waals surface area contributed by atoms with Gasteiger partial charge in [-0.3, -0.25) is 9.63 Å². The van der Waals surface area contributed by atoms with Crippen LogP contribution in [-0.4, -0.2) is 36.2 Å². The minimum absolute atomic E-state index is 0.0478. The van der Waals surface area contributed by atoms with Crippen LogP contribution in [0.5, 0.6) is 0 Å². The number of fused-ring (bicyclic) bond motifs is 1. The number of nitrogens with one attached hydrogen (secondary N) is 1. The topological polar surface area (TPSA) is 103 Å². The number of rotatable bonds is 6. The van der Waals surface area contributed by atoms with Crippen molar-refractivity contribution in [2.75, 3.05) is 5.88 Å². The van der Waals surface area contributed by atoms with Crippen LogP contribution in [0, 0.1) is 0 Å². The van der Waals surface area contributed by atoms with Gasteiger partial charge in [-0.25, -0.2) is 19.7 Å². The Labute approximate surface area is 140 Å². The van der Waals surface area contributed by atoms with E-state index in [4.69, 9.17) is 16.4 Å². The number of carbonyl (C=O) groups excluding carboxylic acids is 1. The smallest absolute Gasteiger partial charge is 0.269 e. The van der Waals surface area contributed by atoms with Gasteiger partial charge >= 0.3 is 5.69 Å². The molecule has 0 atom stereocenters. The van der Waals surface area contributed by atoms with Crippen molar-refractivity contribution in [2.24, 2.45) is 0 Å². The molecule has 1 aromatic carbocycles. The zero-order valence-corrected chi connectivity index (χ0v) is 13.2. The van der Waals surface area contributed by atoms with Crippen molar-refractivity contribution in [3.8, 4) is 0 Å². The van der Waals surface area contributed by atoms with Crippen molar-refractivity contribution in [3.05, 3.63) is 58.4 Å². The maximum absolute atomic E-state index is 12.1. The first-order valence-corrected chi connectivity index (χ1v) is 7.57. The molecule has 0 spiro atoms. The molecule has 24 heavy (non-hydrogen) atoms. The minimum Gasteiger partial charge on any atom is -0.269 e. The number of hydroxylamine groups is 1. The van der Waals surface area contributed by atoms with E-state index in [1.807, 2.05) is 30.3 Å². The number of amides is 1. The van der Waals surface area contributed by atoms with Crippen molar-refractivity contribution >= 4 is 23.2 Å². The summed E-state index contributed by atoms with van der Waals surface area (Å²) in [6.45, 7) is 0.412. The van der Waals surface area contributed by atoms with Crippen LogP contribution in [0.15, 0.2) is 41.5 Å². The average molecular weight is 349 g/mol. The number of halogens is 1. The second kappa shape index (κ2) is 7.20. The summed E-state index contributed by atoms with van der Waals surface area (Å²) in [6.07, 6.45) is 1.21. The van der Waals surface area contributed by atoms with Crippen molar-refractivity contribution < 1.29 is 9.63 Å². The molecule has 124 valence electrons. The Bertz CT molecular complexity index is 908. The molecule has 3 rings (SSSR count). The van der Waals surface area contributed by atoms with Crippen LogP contribution in [0.2, 0.25) is 0 Å². The second-order valence-electron chi connectivity index (χ2n) is 4.78. The molecule has 1 amide bonds. The summed E-state index contributed by atoms with van der Waals surface area (Å²) < 4.78 is 2.22. The highest BCUT2D eigenvalue weighted by Gasteiger charge is 2.17. The molecular formula is C14H13ClN6O3. The van der Waals surface area contributed by atoms with Crippen LogP contribution in [0.4, 0.5) is 0 Å². The fourth-order valence-electron chi connectivity index (χ4n) is 2.02. The molecule has 1 N–H and O–H groups in total. The van der Waals surface area contributed by atoms with E-state index in [9.17, 15) is 9.59 Å². The fraction of sp³-hybridized carbons (Fsp3) is 0.214. The molecule has 9 nitrogen and oxygen atoms in total. The molecule has 0 aliphatic rings. The molecule has 0 bridgehead atoms. The zero-order chi connectivity index (χ0) is 16.9. The minimum atomic E-state index is -0.614. The Morgan fingerprint density at radius 3 is 2.83 bits per heavy atom. The van der Waals surface area contributed by atoms with E-state index in [1.54, 1.807) is 0 Å². The third kappa shape index (κ3) is 3.26. The lowest BCUT2D eigenvalue weighted by molar-refractivity contribution is 0.0231. The molecule has 0 unspecified atom stereocenters. The van der Waals surface area contributed by atoms with Crippen molar-refractivity contribution in [1.82, 2.24) is 29.9 Å². The van der Waals surface area contributed by atoms with Gasteiger partial charge in [0.2, 0.25) is 0 Å². The molecule has 0 fully saturated rings. The first-order valence-electron chi connectivity index (χ1n) is 7.03. The van der Waals surface area contributed by atoms with Gasteiger partial charge in [0.1, 0.15) is 6.33 Å². The third-order valence-electron chi connectivity index (χ3n) is 3.17. The first kappa shape index (κ1) is 16.1. The van der Waals surface area contributed by atoms with Gasteiger partial charge in [-0.2, -0.15) is 4.68 Å². The van der Waals surface area contributed by atoms with E-state index < -0.39 is 11.6 Å². The molecule has 0 radical (unpaired) electrons. The number of imidazole rings is 1. The zero-order valence-electron chi connectivity index (χ0n) is 12.4. The van der Waals surface area contributed by atoms with Crippen molar-refractivity contribution in [3.63, 3.8) is 0 Å². The number of carbonyl (C=O) groups is 1. The van der Waals surface area contributed by atoms with Gasteiger partial charge in [0, 0.05) is 5.88 Å². The van der Waals surface area contributed by atoms with Gasteiger partial charge in [-0.15, -0.1) is 16.7 Å². The number of hydrogen-bond acceptors (Lipinski definition) is 6. The predicted octanol–water partition coefficient (Wildman–Crippen LogP) is 0.386. The molecule has 0 aliphatic heterocycles. The maximum atomic E-state index is 12.1. The number of aromatic nitrogens is 5. The van der Waals surface area contributed by atoms with Crippen LogP contribution in [-0.2, 0) is 18.0 Å². The van der Waals surface area contributed by atoms with Gasteiger partial charge < -0.3 is 0 Å². The molecular weight excluding hydrogens is 336 g/mol. The molecule has 2 heterocycles. The molecule has 0 saturated heterocycles. The maximum Gasteiger partial charge on any atom is 0.353 e. The number of benzene rings is 1. The van der Waals surface area contributed by atoms with E-state index >= 15 is 0 Å². The molecule has 2 aromatic heterocycles. The Kier molecular flexibility index (Phi) is 4.82. The fourth-order valence-corrected chi connectivity index (χ4v) is 2.18. The highest BCUT2D eigenvalue weighted by Crippen LogP contribution is 2.04. The van der Waals surface area contributed by atoms with E-state index in [0.717, 1.165) is 14.6 Å². The number of hydrogen-bond donors (Lipinski definition) is 1. The lowest BCUT2D eigenvalue weighted by Gasteiger charge is -2.05. The van der Waals surface area contributed by atoms with Crippen LogP contribution in [0.25, 0.3) is 5.65 Å². The SMILES string of the molecule is O=C(NOCc1ccccc1)c1ncn2c(=O)n(CCCl)nnc12. The largest absolute Gasteiger partial charge is 0.353 e. The van der Waals surface area contributed by atoms with Crippen LogP contribution < -0.4 is 11.2 Å². The Balaban J connectivity index is 1.73. The highest BCUT2D eigenvalue weighted by molar-refractivity contribution is 6.17. The second-order valence-corrected chi connectivity index (χ2v) is 5.15. The molecule has 3 aromatic rings. The summed E-state index contributed by atoms with van der Waals surface area (Å²) in [6, 6.07) is 9.34. The average Bonchev–Trinajstić information content (AvgIpc) is 3.03. The Morgan fingerprint density at radius 2 is 2.08 bits per heavy atom. The van der Waals surface area contributed by atoms with Crippen molar-refractivity contribution in [1.29, 1.82) is 0 Å². The molecule has 0 saturated carbocycles. The third-order valence-corrected chi connectivity index (χ3v) is 3.34. The number of nitrogens with zero attached hydrogens (tertiary/aromatic N) is 5. The Hall–Kier alpha value is -2.78. The quantitative estimate of drug-likeness (QED) is 0.510. The standard InChI is InChI=1S/C14H13ClN6O3/c15-6-7-21-14(23)20-9-16-11(12(20)17-19-21)13(22)18-24-8-10-4-2-1-3-5-10/h1-5,9H,6-8H2,(H,18,22). The van der Waals surface area contributed by atoms with E-state index in [1.165, 1.54) is 6.33 Å². The van der Waals surface area contributed by atoms with Gasteiger partial charge in [0.15, 0.2) is 11.3 Å². The summed E-state index contributed by atoms with van der Waals surface area (Å²) in [5.41, 5.74) is 2.69. The van der Waals surface area contributed by atoms with Gasteiger partial charge in [0.25, 0.3) is 5.91 Å². The summed E-state index contributed by atoms with van der Waals surface area (Å²) in [7, 11) is 0. The lowest BCUT2D eigenvalue weighted by atomic mass is 10.2. The van der Waals surface area contributed by atoms with Crippen LogP contribution in [0.1, 0.15) is 16.1 Å². The van der Waals surface area contributed by atoms with Crippen molar-refractivity contribution in [2.45, 2.75) is 13.2 Å². The van der Waals surface area contributed by atoms with Gasteiger partial charge in [-0.1, -0.05) is 35.5 Å². The molecule has 10 heteroatoms. The lowest BCUT2D eigenvalue weighted by Crippen LogP contribution is -2.31. The summed E-state index contributed by atoms with van der Waals surface area (Å²) in [5.74, 6) is -0.396. The summed E-state index contributed by atoms with van der Waals surface area (Å²) >= 11 is 5.59. The van der Waals surface area contributed by atoms with Gasteiger partial charge in [0.05, 0.1) is 13.2 Å². The molecule has 0 aliphatic carbocycles. The predicted molar refractivity (Wildman–Crippen MR) is 84.5 cm³/mol. The summed E-state index contributed by atoms with van der Waals surface area (Å²) in [4.78, 5) is 33.3. The van der Waals surface area contributed by atoms with Gasteiger partial charge in [-0.05, 0) is 5.56 Å². The normalized spacial score (nSPS) is 10.9. The Morgan fingerprint density at radius 1 is 1.29 bits per heavy atom. The number of aryl methyl sites for hydroxylation is 1. The van der Waals surface area contributed by atoms with E-state index in [0.29, 0.717) is 0 Å². The van der Waals surface area contributed by atoms with Crippen LogP contribution in [0.3, 0.4) is 0 Å². The monoisotopic (exact) mass is 348 g/mol. The summed E-state index contributed by atoms with van der Waals surface area (Å²) in [5, 5.41) is 7.57. The van der Waals surface area contributed by atoms with E-state index in [2.05, 4.69) is 20.8 Å². The van der Waals surface area contributed by atoms with Crippen LogP contribution >= 0.6 is 11.6 Å².